The van der Waals surface area contributed by atoms with Crippen molar-refractivity contribution in [3.05, 3.63) is 0 Å². The maximum Gasteiger partial charge on any atom is 0.220 e. The summed E-state index contributed by atoms with van der Waals surface area (Å²) in [6.07, 6.45) is 9.36. The van der Waals surface area contributed by atoms with Crippen molar-refractivity contribution in [2.75, 3.05) is 26.8 Å². The Kier molecular flexibility index (Phi) is 7.85. The highest BCUT2D eigenvalue weighted by Crippen LogP contribution is 2.28. The minimum Gasteiger partial charge on any atom is -0.383 e. The van der Waals surface area contributed by atoms with E-state index in [2.05, 4.69) is 10.6 Å². The van der Waals surface area contributed by atoms with Crippen LogP contribution >= 0.6 is 12.4 Å². The van der Waals surface area contributed by atoms with Crippen LogP contribution in [0.2, 0.25) is 0 Å². The fourth-order valence-corrected chi connectivity index (χ4v) is 3.46. The third-order valence-electron chi connectivity index (χ3n) is 4.63. The number of methoxy groups -OCH3 is 1. The van der Waals surface area contributed by atoms with E-state index in [1.807, 2.05) is 0 Å². The van der Waals surface area contributed by atoms with Gasteiger partial charge in [0.25, 0.3) is 0 Å². The van der Waals surface area contributed by atoms with Crippen molar-refractivity contribution in [2.45, 2.75) is 56.9 Å². The molecule has 0 bridgehead atoms. The van der Waals surface area contributed by atoms with Crippen molar-refractivity contribution in [2.24, 2.45) is 5.92 Å². The Bertz CT molecular complexity index is 288. The molecule has 0 aromatic rings. The van der Waals surface area contributed by atoms with Crippen LogP contribution in [0.5, 0.6) is 0 Å². The molecule has 2 fully saturated rings. The lowest BCUT2D eigenvalue weighted by atomic mass is 9.98. The topological polar surface area (TPSA) is 50.4 Å². The van der Waals surface area contributed by atoms with E-state index in [0.29, 0.717) is 19.6 Å². The summed E-state index contributed by atoms with van der Waals surface area (Å²) < 4.78 is 5.29. The molecular formula is C15H29ClN2O2. The van der Waals surface area contributed by atoms with E-state index in [1.165, 1.54) is 32.1 Å². The zero-order chi connectivity index (χ0) is 13.6. The summed E-state index contributed by atoms with van der Waals surface area (Å²) in [5.74, 6) is 0.999. The van der Waals surface area contributed by atoms with Gasteiger partial charge in [-0.2, -0.15) is 0 Å². The average Bonchev–Trinajstić information content (AvgIpc) is 3.06. The van der Waals surface area contributed by atoms with E-state index in [1.54, 1.807) is 7.11 Å². The number of ether oxygens (including phenoxy) is 1. The van der Waals surface area contributed by atoms with Gasteiger partial charge in [0.15, 0.2) is 0 Å². The van der Waals surface area contributed by atoms with E-state index in [4.69, 9.17) is 4.74 Å². The number of carbonyl (C=O) groups excluding carboxylic acids is 1. The lowest BCUT2D eigenvalue weighted by Crippen LogP contribution is -2.53. The van der Waals surface area contributed by atoms with Gasteiger partial charge in [-0.1, -0.05) is 25.7 Å². The molecule has 1 saturated heterocycles. The first-order valence-electron chi connectivity index (χ1n) is 7.75. The van der Waals surface area contributed by atoms with Gasteiger partial charge in [0.2, 0.25) is 5.91 Å². The Morgan fingerprint density at radius 3 is 2.70 bits per heavy atom. The normalized spacial score (nSPS) is 26.4. The van der Waals surface area contributed by atoms with Crippen molar-refractivity contribution >= 4 is 18.3 Å². The number of hydrogen-bond donors (Lipinski definition) is 2. The zero-order valence-corrected chi connectivity index (χ0v) is 13.4. The zero-order valence-electron chi connectivity index (χ0n) is 12.6. The van der Waals surface area contributed by atoms with Crippen molar-refractivity contribution < 1.29 is 9.53 Å². The van der Waals surface area contributed by atoms with Crippen molar-refractivity contribution in [1.82, 2.24) is 10.6 Å². The third-order valence-corrected chi connectivity index (χ3v) is 4.63. The molecule has 0 aromatic carbocycles. The molecule has 1 unspecified atom stereocenters. The van der Waals surface area contributed by atoms with Crippen LogP contribution in [0.4, 0.5) is 0 Å². The summed E-state index contributed by atoms with van der Waals surface area (Å²) in [5, 5.41) is 6.58. The van der Waals surface area contributed by atoms with Gasteiger partial charge >= 0.3 is 0 Å². The highest BCUT2D eigenvalue weighted by molar-refractivity contribution is 5.85. The van der Waals surface area contributed by atoms with E-state index < -0.39 is 0 Å². The Morgan fingerprint density at radius 1 is 1.35 bits per heavy atom. The molecule has 1 amide bonds. The molecule has 118 valence electrons. The molecule has 1 aliphatic heterocycles. The molecule has 1 heterocycles. The Hall–Kier alpha value is -0.320. The molecule has 4 nitrogen and oxygen atoms in total. The van der Waals surface area contributed by atoms with Gasteiger partial charge in [-0.15, -0.1) is 12.4 Å². The van der Waals surface area contributed by atoms with Crippen LogP contribution < -0.4 is 10.6 Å². The molecule has 1 aliphatic carbocycles. The molecule has 0 spiro atoms. The van der Waals surface area contributed by atoms with Crippen LogP contribution in [-0.4, -0.2) is 38.3 Å². The molecule has 2 rings (SSSR count). The number of carbonyl (C=O) groups is 1. The number of hydrogen-bond acceptors (Lipinski definition) is 3. The minimum atomic E-state index is -0.0300. The monoisotopic (exact) mass is 304 g/mol. The maximum atomic E-state index is 11.9. The van der Waals surface area contributed by atoms with E-state index >= 15 is 0 Å². The van der Waals surface area contributed by atoms with Gasteiger partial charge in [-0.25, -0.2) is 0 Å². The first-order chi connectivity index (χ1) is 9.24. The summed E-state index contributed by atoms with van der Waals surface area (Å²) in [6.45, 7) is 2.40. The SMILES string of the molecule is COCC1(CNC(=O)CCC2CCCC2)CCCN1.Cl. The maximum absolute atomic E-state index is 11.9. The van der Waals surface area contributed by atoms with Crippen LogP contribution in [0.3, 0.4) is 0 Å². The van der Waals surface area contributed by atoms with Gasteiger partial charge in [-0.05, 0) is 31.7 Å². The summed E-state index contributed by atoms with van der Waals surface area (Å²) in [6, 6.07) is 0. The molecule has 2 aliphatic rings. The lowest BCUT2D eigenvalue weighted by Gasteiger charge is -2.29. The fourth-order valence-electron chi connectivity index (χ4n) is 3.46. The number of halogens is 1. The predicted molar refractivity (Wildman–Crippen MR) is 83.3 cm³/mol. The first kappa shape index (κ1) is 17.7. The molecule has 5 heteroatoms. The molecule has 1 atom stereocenters. The van der Waals surface area contributed by atoms with Crippen LogP contribution in [0.25, 0.3) is 0 Å². The second kappa shape index (κ2) is 8.85. The summed E-state index contributed by atoms with van der Waals surface area (Å²) >= 11 is 0. The molecule has 0 aromatic heterocycles. The largest absolute Gasteiger partial charge is 0.383 e. The molecule has 20 heavy (non-hydrogen) atoms. The number of nitrogens with one attached hydrogen (secondary N) is 2. The van der Waals surface area contributed by atoms with Gasteiger partial charge < -0.3 is 15.4 Å². The molecule has 0 radical (unpaired) electrons. The van der Waals surface area contributed by atoms with Gasteiger partial charge in [-0.3, -0.25) is 4.79 Å². The second-order valence-corrected chi connectivity index (χ2v) is 6.21. The smallest absolute Gasteiger partial charge is 0.220 e. The van der Waals surface area contributed by atoms with Crippen LogP contribution in [0, 0.1) is 5.92 Å². The number of rotatable bonds is 7. The average molecular weight is 305 g/mol. The van der Waals surface area contributed by atoms with Crippen LogP contribution in [0.1, 0.15) is 51.4 Å². The van der Waals surface area contributed by atoms with Crippen LogP contribution in [0.15, 0.2) is 0 Å². The van der Waals surface area contributed by atoms with Crippen LogP contribution in [-0.2, 0) is 9.53 Å². The van der Waals surface area contributed by atoms with Gasteiger partial charge in [0.05, 0.1) is 12.1 Å². The molecule has 1 saturated carbocycles. The van der Waals surface area contributed by atoms with E-state index in [-0.39, 0.29) is 23.9 Å². The Morgan fingerprint density at radius 2 is 2.10 bits per heavy atom. The van der Waals surface area contributed by atoms with Crippen molar-refractivity contribution in [3.8, 4) is 0 Å². The van der Waals surface area contributed by atoms with Gasteiger partial charge in [0, 0.05) is 20.1 Å². The standard InChI is InChI=1S/C15H28N2O2.ClH/c1-19-12-15(9-4-10-17-15)11-16-14(18)8-7-13-5-2-3-6-13;/h13,17H,2-12H2,1H3,(H,16,18);1H. The fraction of sp³-hybridized carbons (Fsp3) is 0.933. The highest BCUT2D eigenvalue weighted by Gasteiger charge is 2.33. The summed E-state index contributed by atoms with van der Waals surface area (Å²) in [7, 11) is 1.73. The molecule has 2 N–H and O–H groups in total. The number of amides is 1. The van der Waals surface area contributed by atoms with Crippen molar-refractivity contribution in [3.63, 3.8) is 0 Å². The van der Waals surface area contributed by atoms with E-state index in [9.17, 15) is 4.79 Å². The predicted octanol–water partition coefficient (Wildman–Crippen LogP) is 2.26. The van der Waals surface area contributed by atoms with E-state index in [0.717, 1.165) is 25.3 Å². The minimum absolute atomic E-state index is 0. The Labute approximate surface area is 128 Å². The molecular weight excluding hydrogens is 276 g/mol. The Balaban J connectivity index is 0.00000200. The lowest BCUT2D eigenvalue weighted by molar-refractivity contribution is -0.121. The van der Waals surface area contributed by atoms with Gasteiger partial charge in [0.1, 0.15) is 0 Å². The summed E-state index contributed by atoms with van der Waals surface area (Å²) in [5.41, 5.74) is -0.0300. The third kappa shape index (κ3) is 5.23. The highest BCUT2D eigenvalue weighted by atomic mass is 35.5. The first-order valence-corrected chi connectivity index (χ1v) is 7.75. The quantitative estimate of drug-likeness (QED) is 0.758. The van der Waals surface area contributed by atoms with Crippen molar-refractivity contribution in [1.29, 1.82) is 0 Å². The second-order valence-electron chi connectivity index (χ2n) is 6.21. The summed E-state index contributed by atoms with van der Waals surface area (Å²) in [4.78, 5) is 11.9.